The molecule has 2 aromatic heterocycles. The molecule has 0 fully saturated rings. The Morgan fingerprint density at radius 3 is 2.65 bits per heavy atom. The number of halogens is 1. The summed E-state index contributed by atoms with van der Waals surface area (Å²) < 4.78 is 44.0. The molecule has 0 saturated heterocycles. The fourth-order valence-corrected chi connectivity index (χ4v) is 4.88. The van der Waals surface area contributed by atoms with Gasteiger partial charge in [0, 0.05) is 31.0 Å². The van der Waals surface area contributed by atoms with Crippen LogP contribution < -0.4 is 10.0 Å². The highest BCUT2D eigenvalue weighted by atomic mass is 32.2. The summed E-state index contributed by atoms with van der Waals surface area (Å²) in [6.07, 6.45) is 1.16. The lowest BCUT2D eigenvalue weighted by atomic mass is 10.1. The lowest BCUT2D eigenvalue weighted by molar-refractivity contribution is 0.582. The Kier molecular flexibility index (Phi) is 6.30. The topological polar surface area (TPSA) is 84.0 Å². The van der Waals surface area contributed by atoms with Gasteiger partial charge in [0.2, 0.25) is 15.2 Å². The molecule has 0 atom stereocenters. The van der Waals surface area contributed by atoms with E-state index in [4.69, 9.17) is 0 Å². The van der Waals surface area contributed by atoms with E-state index < -0.39 is 10.0 Å². The Labute approximate surface area is 159 Å². The Balaban J connectivity index is 1.40. The highest BCUT2D eigenvalue weighted by Gasteiger charge is 2.13. The second kappa shape index (κ2) is 8.67. The maximum Gasteiger partial charge on any atom is 0.250 e. The average molecular weight is 413 g/mol. The van der Waals surface area contributed by atoms with E-state index in [1.807, 2.05) is 0 Å². The van der Waals surface area contributed by atoms with Crippen LogP contribution in [-0.2, 0) is 16.4 Å². The zero-order valence-electron chi connectivity index (χ0n) is 13.7. The lowest BCUT2D eigenvalue weighted by Gasteiger charge is -2.05. The van der Waals surface area contributed by atoms with Crippen LogP contribution in [0.2, 0.25) is 0 Å². The summed E-state index contributed by atoms with van der Waals surface area (Å²) in [6.45, 7) is 0.923. The Bertz CT molecular complexity index is 925. The molecule has 0 bridgehead atoms. The first-order valence-corrected chi connectivity index (χ1v) is 11.0. The zero-order valence-corrected chi connectivity index (χ0v) is 16.1. The molecular formula is C16H17FN4O2S3. The molecule has 0 amide bonds. The molecule has 3 aromatic rings. The molecule has 10 heteroatoms. The van der Waals surface area contributed by atoms with Crippen molar-refractivity contribution in [2.24, 2.45) is 0 Å². The third kappa shape index (κ3) is 5.31. The molecule has 0 aliphatic rings. The number of hydrogen-bond donors (Lipinski definition) is 2. The number of nitrogens with one attached hydrogen (secondary N) is 2. The van der Waals surface area contributed by atoms with Crippen LogP contribution in [0.5, 0.6) is 0 Å². The minimum atomic E-state index is -3.41. The van der Waals surface area contributed by atoms with Crippen molar-refractivity contribution < 1.29 is 12.8 Å². The van der Waals surface area contributed by atoms with Gasteiger partial charge in [0.1, 0.15) is 15.9 Å². The molecule has 0 radical (unpaired) electrons. The molecule has 6 nitrogen and oxygen atoms in total. The summed E-state index contributed by atoms with van der Waals surface area (Å²) >= 11 is 2.44. The highest BCUT2D eigenvalue weighted by molar-refractivity contribution is 7.91. The van der Waals surface area contributed by atoms with Crippen molar-refractivity contribution in [3.05, 3.63) is 59.0 Å². The molecule has 3 rings (SSSR count). The number of nitrogens with zero attached hydrogens (tertiary/aromatic N) is 2. The second-order valence-electron chi connectivity index (χ2n) is 5.43. The van der Waals surface area contributed by atoms with Gasteiger partial charge in [-0.2, -0.15) is 4.37 Å². The number of hydrogen-bond acceptors (Lipinski definition) is 7. The predicted octanol–water partition coefficient (Wildman–Crippen LogP) is 3.11. The smallest absolute Gasteiger partial charge is 0.250 e. The van der Waals surface area contributed by atoms with Crippen LogP contribution in [0, 0.1) is 5.82 Å². The van der Waals surface area contributed by atoms with Crippen LogP contribution in [0.1, 0.15) is 17.8 Å². The average Bonchev–Trinajstić information content (AvgIpc) is 3.29. The summed E-state index contributed by atoms with van der Waals surface area (Å²) in [5, 5.41) is 5.55. The third-order valence-corrected chi connectivity index (χ3v) is 6.99. The first kappa shape index (κ1) is 18.9. The number of benzene rings is 1. The molecule has 138 valence electrons. The van der Waals surface area contributed by atoms with E-state index in [2.05, 4.69) is 19.4 Å². The van der Waals surface area contributed by atoms with E-state index in [0.29, 0.717) is 41.1 Å². The largest absolute Gasteiger partial charge is 0.360 e. The summed E-state index contributed by atoms with van der Waals surface area (Å²) in [5.41, 5.74) is 0.943. The summed E-state index contributed by atoms with van der Waals surface area (Å²) in [7, 11) is -3.41. The molecule has 26 heavy (non-hydrogen) atoms. The monoisotopic (exact) mass is 412 g/mol. The summed E-state index contributed by atoms with van der Waals surface area (Å²) in [5.74, 6) is 0.402. The molecule has 0 spiro atoms. The zero-order chi connectivity index (χ0) is 18.4. The van der Waals surface area contributed by atoms with E-state index in [1.54, 1.807) is 29.6 Å². The van der Waals surface area contributed by atoms with Gasteiger partial charge in [0.15, 0.2) is 0 Å². The van der Waals surface area contributed by atoms with Gasteiger partial charge < -0.3 is 5.32 Å². The number of anilines is 1. The first-order chi connectivity index (χ1) is 12.5. The van der Waals surface area contributed by atoms with Gasteiger partial charge in [0.25, 0.3) is 0 Å². The Morgan fingerprint density at radius 2 is 1.92 bits per heavy atom. The summed E-state index contributed by atoms with van der Waals surface area (Å²) in [6, 6.07) is 9.54. The van der Waals surface area contributed by atoms with Crippen molar-refractivity contribution in [1.82, 2.24) is 14.1 Å². The fraction of sp³-hybridized carbons (Fsp3) is 0.250. The van der Waals surface area contributed by atoms with Crippen molar-refractivity contribution >= 4 is 38.0 Å². The van der Waals surface area contributed by atoms with Crippen LogP contribution in [-0.4, -0.2) is 30.9 Å². The fourth-order valence-electron chi connectivity index (χ4n) is 2.16. The minimum absolute atomic E-state index is 0.267. The van der Waals surface area contributed by atoms with E-state index in [1.165, 1.54) is 35.0 Å². The molecule has 2 heterocycles. The van der Waals surface area contributed by atoms with Crippen LogP contribution in [0.25, 0.3) is 0 Å². The third-order valence-electron chi connectivity index (χ3n) is 3.43. The SMILES string of the molecule is O=S(=O)(NCCCNc1nc(Cc2ccc(F)cc2)ns1)c1cccs1. The molecule has 0 aliphatic carbocycles. The van der Waals surface area contributed by atoms with Crippen molar-refractivity contribution in [3.8, 4) is 0 Å². The number of aromatic nitrogens is 2. The maximum absolute atomic E-state index is 12.9. The van der Waals surface area contributed by atoms with E-state index in [9.17, 15) is 12.8 Å². The van der Waals surface area contributed by atoms with Gasteiger partial charge in [-0.15, -0.1) is 11.3 Å². The van der Waals surface area contributed by atoms with E-state index in [-0.39, 0.29) is 5.82 Å². The Hall–Kier alpha value is -1.88. The quantitative estimate of drug-likeness (QED) is 0.528. The normalized spacial score (nSPS) is 11.6. The number of sulfonamides is 1. The van der Waals surface area contributed by atoms with Crippen LogP contribution in [0.15, 0.2) is 46.0 Å². The van der Waals surface area contributed by atoms with Crippen molar-refractivity contribution in [2.75, 3.05) is 18.4 Å². The maximum atomic E-state index is 12.9. The highest BCUT2D eigenvalue weighted by Crippen LogP contribution is 2.16. The predicted molar refractivity (Wildman–Crippen MR) is 102 cm³/mol. The molecule has 0 unspecified atom stereocenters. The van der Waals surface area contributed by atoms with Gasteiger partial charge in [-0.1, -0.05) is 18.2 Å². The minimum Gasteiger partial charge on any atom is -0.360 e. The van der Waals surface area contributed by atoms with E-state index >= 15 is 0 Å². The van der Waals surface area contributed by atoms with Crippen LogP contribution in [0.4, 0.5) is 9.52 Å². The van der Waals surface area contributed by atoms with Gasteiger partial charge in [-0.25, -0.2) is 22.5 Å². The second-order valence-corrected chi connectivity index (χ2v) is 9.12. The van der Waals surface area contributed by atoms with Gasteiger partial charge in [-0.3, -0.25) is 0 Å². The lowest BCUT2D eigenvalue weighted by Crippen LogP contribution is -2.25. The van der Waals surface area contributed by atoms with Gasteiger partial charge >= 0.3 is 0 Å². The number of rotatable bonds is 9. The van der Waals surface area contributed by atoms with Crippen LogP contribution in [0.3, 0.4) is 0 Å². The van der Waals surface area contributed by atoms with Crippen molar-refractivity contribution in [3.63, 3.8) is 0 Å². The summed E-state index contributed by atoms with van der Waals surface area (Å²) in [4.78, 5) is 4.38. The standard InChI is InChI=1S/C16H17FN4O2S3/c17-13-6-4-12(5-7-13)11-14-20-16(25-21-14)18-8-2-9-19-26(22,23)15-3-1-10-24-15/h1,3-7,10,19H,2,8-9,11H2,(H,18,20,21). The molecular weight excluding hydrogens is 395 g/mol. The van der Waals surface area contributed by atoms with Crippen molar-refractivity contribution in [1.29, 1.82) is 0 Å². The van der Waals surface area contributed by atoms with Crippen molar-refractivity contribution in [2.45, 2.75) is 17.1 Å². The molecule has 0 saturated carbocycles. The molecule has 0 aliphatic heterocycles. The molecule has 1 aromatic carbocycles. The van der Waals surface area contributed by atoms with E-state index in [0.717, 1.165) is 5.56 Å². The Morgan fingerprint density at radius 1 is 1.12 bits per heavy atom. The molecule has 2 N–H and O–H groups in total. The van der Waals surface area contributed by atoms with Gasteiger partial charge in [-0.05, 0) is 35.6 Å². The van der Waals surface area contributed by atoms with Gasteiger partial charge in [0.05, 0.1) is 0 Å². The first-order valence-electron chi connectivity index (χ1n) is 7.87. The number of thiophene rings is 1. The van der Waals surface area contributed by atoms with Crippen LogP contribution >= 0.6 is 22.9 Å².